The molecule has 0 spiro atoms. The molecule has 0 aliphatic carbocycles. The van der Waals surface area contributed by atoms with Crippen molar-refractivity contribution in [2.45, 2.75) is 19.5 Å². The first-order valence-corrected chi connectivity index (χ1v) is 4.41. The van der Waals surface area contributed by atoms with Crippen LogP contribution in [0.2, 0.25) is 0 Å². The quantitative estimate of drug-likeness (QED) is 0.562. The summed E-state index contributed by atoms with van der Waals surface area (Å²) in [5, 5.41) is 14.5. The highest BCUT2D eigenvalue weighted by atomic mass is 16.4. The van der Waals surface area contributed by atoms with Crippen molar-refractivity contribution in [3.05, 3.63) is 21.6 Å². The Bertz CT molecular complexity index is 418. The Balaban J connectivity index is 2.38. The van der Waals surface area contributed by atoms with Gasteiger partial charge >= 0.3 is 5.97 Å². The number of carboxylic acid groups (broad SMARTS) is 1. The zero-order chi connectivity index (χ0) is 10.1. The topological polar surface area (TPSA) is 87.1 Å². The summed E-state index contributed by atoms with van der Waals surface area (Å²) in [6, 6.07) is 0. The molecule has 0 radical (unpaired) electrons. The van der Waals surface area contributed by atoms with Crippen LogP contribution >= 0.6 is 0 Å². The van der Waals surface area contributed by atoms with E-state index in [-0.39, 0.29) is 12.1 Å². The van der Waals surface area contributed by atoms with E-state index in [4.69, 9.17) is 5.11 Å². The van der Waals surface area contributed by atoms with Gasteiger partial charge in [0.05, 0.1) is 5.69 Å². The van der Waals surface area contributed by atoms with Gasteiger partial charge in [-0.05, 0) is 13.0 Å². The molecule has 0 atom stereocenters. The van der Waals surface area contributed by atoms with E-state index in [2.05, 4.69) is 10.4 Å². The van der Waals surface area contributed by atoms with Gasteiger partial charge in [0.15, 0.2) is 0 Å². The average Bonchev–Trinajstić information content (AvgIpc) is 2.44. The summed E-state index contributed by atoms with van der Waals surface area (Å²) in [7, 11) is 0. The number of carbonyl (C=O) groups is 1. The van der Waals surface area contributed by atoms with E-state index in [1.165, 1.54) is 0 Å². The molecular weight excluding hydrogens is 186 g/mol. The monoisotopic (exact) mass is 197 g/mol. The van der Waals surface area contributed by atoms with Gasteiger partial charge in [0.1, 0.15) is 6.54 Å². The summed E-state index contributed by atoms with van der Waals surface area (Å²) in [6.45, 7) is 1.08. The first-order valence-electron chi connectivity index (χ1n) is 4.41. The lowest BCUT2D eigenvalue weighted by Gasteiger charge is -2.09. The highest BCUT2D eigenvalue weighted by Gasteiger charge is 2.17. The minimum absolute atomic E-state index is 0.205. The number of aromatic nitrogens is 2. The normalized spacial score (nSPS) is 15.1. The van der Waals surface area contributed by atoms with E-state index in [9.17, 15) is 9.59 Å². The molecule has 1 aromatic heterocycles. The summed E-state index contributed by atoms with van der Waals surface area (Å²) in [4.78, 5) is 22.0. The Morgan fingerprint density at radius 2 is 2.36 bits per heavy atom. The maximum absolute atomic E-state index is 11.6. The fourth-order valence-electron chi connectivity index (χ4n) is 1.65. The number of hydrogen-bond acceptors (Lipinski definition) is 3. The second-order valence-electron chi connectivity index (χ2n) is 3.28. The van der Waals surface area contributed by atoms with Gasteiger partial charge in [-0.1, -0.05) is 0 Å². The molecule has 0 saturated heterocycles. The van der Waals surface area contributed by atoms with Crippen LogP contribution in [0.25, 0.3) is 0 Å². The molecule has 76 valence electrons. The number of fused-ring (bicyclic) bond motifs is 1. The van der Waals surface area contributed by atoms with Crippen molar-refractivity contribution < 1.29 is 9.90 Å². The third kappa shape index (κ3) is 1.44. The second kappa shape index (κ2) is 3.30. The van der Waals surface area contributed by atoms with Gasteiger partial charge in [0.25, 0.3) is 5.56 Å². The number of carboxylic acids is 1. The molecule has 1 aliphatic rings. The van der Waals surface area contributed by atoms with E-state index in [1.54, 1.807) is 0 Å². The van der Waals surface area contributed by atoms with E-state index in [1.807, 2.05) is 0 Å². The number of rotatable bonds is 2. The van der Waals surface area contributed by atoms with Crippen LogP contribution in [0.3, 0.4) is 0 Å². The highest BCUT2D eigenvalue weighted by Crippen LogP contribution is 2.05. The minimum atomic E-state index is -1.02. The van der Waals surface area contributed by atoms with Crippen molar-refractivity contribution in [2.75, 3.05) is 6.54 Å². The lowest BCUT2D eigenvalue weighted by Crippen LogP contribution is -2.27. The van der Waals surface area contributed by atoms with Crippen molar-refractivity contribution in [2.24, 2.45) is 0 Å². The smallest absolute Gasteiger partial charge is 0.325 e. The Morgan fingerprint density at radius 3 is 3.00 bits per heavy atom. The molecule has 0 aromatic carbocycles. The van der Waals surface area contributed by atoms with Gasteiger partial charge in [-0.25, -0.2) is 4.68 Å². The number of nitrogens with one attached hydrogen (secondary N) is 2. The van der Waals surface area contributed by atoms with Crippen molar-refractivity contribution in [1.29, 1.82) is 0 Å². The van der Waals surface area contributed by atoms with E-state index in [0.717, 1.165) is 16.9 Å². The maximum Gasteiger partial charge on any atom is 0.325 e. The van der Waals surface area contributed by atoms with Gasteiger partial charge < -0.3 is 10.4 Å². The van der Waals surface area contributed by atoms with Gasteiger partial charge in [-0.15, -0.1) is 0 Å². The first-order chi connectivity index (χ1) is 6.68. The Kier molecular flexibility index (Phi) is 2.12. The van der Waals surface area contributed by atoms with Crippen LogP contribution in [0.5, 0.6) is 0 Å². The number of hydrogen-bond donors (Lipinski definition) is 3. The van der Waals surface area contributed by atoms with Crippen LogP contribution < -0.4 is 10.9 Å². The molecule has 1 aromatic rings. The summed E-state index contributed by atoms with van der Waals surface area (Å²) in [5.74, 6) is -1.02. The number of aromatic amines is 1. The first kappa shape index (κ1) is 9.01. The lowest BCUT2D eigenvalue weighted by molar-refractivity contribution is -0.137. The van der Waals surface area contributed by atoms with E-state index < -0.39 is 5.97 Å². The van der Waals surface area contributed by atoms with Gasteiger partial charge in [0.2, 0.25) is 0 Å². The maximum atomic E-state index is 11.6. The fraction of sp³-hybridized carbons (Fsp3) is 0.500. The summed E-state index contributed by atoms with van der Waals surface area (Å²) < 4.78 is 1.14. The molecular formula is C8H11N3O3. The van der Waals surface area contributed by atoms with E-state index in [0.29, 0.717) is 18.5 Å². The van der Waals surface area contributed by atoms with Crippen LogP contribution in [0.1, 0.15) is 11.3 Å². The molecule has 0 fully saturated rings. The fourth-order valence-corrected chi connectivity index (χ4v) is 1.65. The molecule has 1 aliphatic heterocycles. The lowest BCUT2D eigenvalue weighted by atomic mass is 10.1. The molecule has 0 saturated carbocycles. The Morgan fingerprint density at radius 1 is 1.57 bits per heavy atom. The summed E-state index contributed by atoms with van der Waals surface area (Å²) >= 11 is 0. The van der Waals surface area contributed by atoms with Gasteiger partial charge in [-0.2, -0.15) is 0 Å². The highest BCUT2D eigenvalue weighted by molar-refractivity contribution is 5.66. The number of aliphatic carboxylic acids is 1. The number of nitrogens with zero attached hydrogens (tertiary/aromatic N) is 1. The standard InChI is InChI=1S/C8H11N3O3/c12-7(13)4-11-8(14)5-1-2-9-3-6(5)10-11/h9-10H,1-4H2,(H,12,13). The van der Waals surface area contributed by atoms with Gasteiger partial charge in [-0.3, -0.25) is 14.7 Å². The Labute approximate surface area is 79.5 Å². The van der Waals surface area contributed by atoms with Crippen LogP contribution in [-0.2, 0) is 24.3 Å². The van der Waals surface area contributed by atoms with Crippen molar-refractivity contribution in [3.8, 4) is 0 Å². The number of H-pyrrole nitrogens is 1. The average molecular weight is 197 g/mol. The van der Waals surface area contributed by atoms with Crippen LogP contribution in [0.4, 0.5) is 0 Å². The van der Waals surface area contributed by atoms with Crippen LogP contribution in [0, 0.1) is 0 Å². The van der Waals surface area contributed by atoms with Crippen molar-refractivity contribution in [1.82, 2.24) is 15.1 Å². The zero-order valence-electron chi connectivity index (χ0n) is 7.54. The Hall–Kier alpha value is -1.56. The van der Waals surface area contributed by atoms with Crippen molar-refractivity contribution in [3.63, 3.8) is 0 Å². The molecule has 0 bridgehead atoms. The molecule has 14 heavy (non-hydrogen) atoms. The molecule has 6 heteroatoms. The third-order valence-corrected chi connectivity index (χ3v) is 2.28. The molecule has 0 amide bonds. The predicted octanol–water partition coefficient (Wildman–Crippen LogP) is -1.09. The third-order valence-electron chi connectivity index (χ3n) is 2.28. The van der Waals surface area contributed by atoms with Gasteiger partial charge in [0, 0.05) is 12.1 Å². The molecule has 0 unspecified atom stereocenters. The summed E-state index contributed by atoms with van der Waals surface area (Å²) in [6.07, 6.45) is 0.664. The minimum Gasteiger partial charge on any atom is -0.480 e. The van der Waals surface area contributed by atoms with Crippen molar-refractivity contribution >= 4 is 5.97 Å². The molecule has 2 rings (SSSR count). The molecule has 2 heterocycles. The second-order valence-corrected chi connectivity index (χ2v) is 3.28. The van der Waals surface area contributed by atoms with Crippen LogP contribution in [-0.4, -0.2) is 27.4 Å². The van der Waals surface area contributed by atoms with Crippen LogP contribution in [0.15, 0.2) is 4.79 Å². The zero-order valence-corrected chi connectivity index (χ0v) is 7.54. The SMILES string of the molecule is O=C(O)Cn1[nH]c2c(c1=O)CCNC2. The largest absolute Gasteiger partial charge is 0.480 e. The molecule has 3 N–H and O–H groups in total. The molecule has 6 nitrogen and oxygen atoms in total. The summed E-state index contributed by atoms with van der Waals surface area (Å²) in [5.41, 5.74) is 1.32. The van der Waals surface area contributed by atoms with E-state index >= 15 is 0 Å². The predicted molar refractivity (Wildman–Crippen MR) is 48.1 cm³/mol.